The highest BCUT2D eigenvalue weighted by atomic mass is 35.5. The SMILES string of the molecule is CC1=CC=C(CSCCCCl)CN1. The van der Waals surface area contributed by atoms with Crippen LogP contribution in [0, 0.1) is 0 Å². The van der Waals surface area contributed by atoms with E-state index in [1.54, 1.807) is 0 Å². The highest BCUT2D eigenvalue weighted by Crippen LogP contribution is 2.12. The molecule has 3 heteroatoms. The average molecular weight is 218 g/mol. The van der Waals surface area contributed by atoms with E-state index in [9.17, 15) is 0 Å². The molecule has 74 valence electrons. The summed E-state index contributed by atoms with van der Waals surface area (Å²) < 4.78 is 0. The van der Waals surface area contributed by atoms with Crippen molar-refractivity contribution < 1.29 is 0 Å². The van der Waals surface area contributed by atoms with Gasteiger partial charge < -0.3 is 5.32 Å². The van der Waals surface area contributed by atoms with Gasteiger partial charge in [-0.25, -0.2) is 0 Å². The summed E-state index contributed by atoms with van der Waals surface area (Å²) in [5, 5.41) is 3.33. The zero-order valence-electron chi connectivity index (χ0n) is 7.98. The summed E-state index contributed by atoms with van der Waals surface area (Å²) in [6.45, 7) is 3.10. The van der Waals surface area contributed by atoms with E-state index in [0.29, 0.717) is 0 Å². The molecule has 1 aliphatic heterocycles. The zero-order chi connectivity index (χ0) is 9.52. The first-order valence-electron chi connectivity index (χ1n) is 4.57. The van der Waals surface area contributed by atoms with Gasteiger partial charge in [0.2, 0.25) is 0 Å². The molecule has 13 heavy (non-hydrogen) atoms. The lowest BCUT2D eigenvalue weighted by Crippen LogP contribution is -2.18. The second kappa shape index (κ2) is 6.39. The van der Waals surface area contributed by atoms with Crippen LogP contribution >= 0.6 is 23.4 Å². The van der Waals surface area contributed by atoms with Crippen LogP contribution in [-0.4, -0.2) is 23.9 Å². The molecular weight excluding hydrogens is 202 g/mol. The van der Waals surface area contributed by atoms with Crippen molar-refractivity contribution in [3.63, 3.8) is 0 Å². The lowest BCUT2D eigenvalue weighted by Gasteiger charge is -2.14. The number of allylic oxidation sites excluding steroid dienone is 3. The van der Waals surface area contributed by atoms with E-state index >= 15 is 0 Å². The fourth-order valence-electron chi connectivity index (χ4n) is 1.07. The third kappa shape index (κ3) is 4.63. The van der Waals surface area contributed by atoms with Gasteiger partial charge in [0.05, 0.1) is 0 Å². The fraction of sp³-hybridized carbons (Fsp3) is 0.600. The Morgan fingerprint density at radius 3 is 3.00 bits per heavy atom. The highest BCUT2D eigenvalue weighted by molar-refractivity contribution is 7.99. The van der Waals surface area contributed by atoms with Gasteiger partial charge in [-0.3, -0.25) is 0 Å². The summed E-state index contributed by atoms with van der Waals surface area (Å²) in [6.07, 6.45) is 5.47. The number of dihydropyridines is 1. The van der Waals surface area contributed by atoms with Crippen LogP contribution < -0.4 is 5.32 Å². The molecule has 0 unspecified atom stereocenters. The van der Waals surface area contributed by atoms with Crippen LogP contribution in [-0.2, 0) is 0 Å². The Balaban J connectivity index is 2.15. The van der Waals surface area contributed by atoms with E-state index in [0.717, 1.165) is 24.6 Å². The quantitative estimate of drug-likeness (QED) is 0.562. The van der Waals surface area contributed by atoms with E-state index in [2.05, 4.69) is 24.4 Å². The predicted octanol–water partition coefficient (Wildman–Crippen LogP) is 2.78. The van der Waals surface area contributed by atoms with Gasteiger partial charge in [0.25, 0.3) is 0 Å². The third-order valence-electron chi connectivity index (χ3n) is 1.87. The molecular formula is C10H16ClNS. The smallest absolute Gasteiger partial charge is 0.0368 e. The van der Waals surface area contributed by atoms with Crippen molar-refractivity contribution in [2.45, 2.75) is 13.3 Å². The molecule has 0 spiro atoms. The van der Waals surface area contributed by atoms with Crippen molar-refractivity contribution in [2.24, 2.45) is 0 Å². The van der Waals surface area contributed by atoms with Gasteiger partial charge in [-0.1, -0.05) is 6.08 Å². The minimum atomic E-state index is 0.781. The summed E-state index contributed by atoms with van der Waals surface area (Å²) in [6, 6.07) is 0. The van der Waals surface area contributed by atoms with Crippen molar-refractivity contribution in [1.29, 1.82) is 0 Å². The molecule has 0 saturated carbocycles. The first-order chi connectivity index (χ1) is 6.33. The molecule has 0 aromatic rings. The molecule has 0 aromatic heterocycles. The standard InChI is InChI=1S/C10H16ClNS/c1-9-3-4-10(7-12-9)8-13-6-2-5-11/h3-4,12H,2,5-8H2,1H3. The average Bonchev–Trinajstić information content (AvgIpc) is 2.15. The van der Waals surface area contributed by atoms with Gasteiger partial charge in [-0.15, -0.1) is 11.6 Å². The maximum Gasteiger partial charge on any atom is 0.0368 e. The Morgan fingerprint density at radius 2 is 2.38 bits per heavy atom. The molecule has 0 radical (unpaired) electrons. The van der Waals surface area contributed by atoms with E-state index in [1.807, 2.05) is 11.8 Å². The minimum Gasteiger partial charge on any atom is -0.385 e. The van der Waals surface area contributed by atoms with E-state index in [4.69, 9.17) is 11.6 Å². The summed E-state index contributed by atoms with van der Waals surface area (Å²) >= 11 is 7.56. The molecule has 0 amide bonds. The molecule has 1 nitrogen and oxygen atoms in total. The molecule has 0 atom stereocenters. The van der Waals surface area contributed by atoms with Crippen LogP contribution in [0.4, 0.5) is 0 Å². The normalized spacial score (nSPS) is 16.2. The van der Waals surface area contributed by atoms with Crippen molar-refractivity contribution in [2.75, 3.05) is 23.9 Å². The van der Waals surface area contributed by atoms with Crippen molar-refractivity contribution in [1.82, 2.24) is 5.32 Å². The fourth-order valence-corrected chi connectivity index (χ4v) is 2.32. The maximum absolute atomic E-state index is 5.59. The molecule has 0 aromatic carbocycles. The van der Waals surface area contributed by atoms with E-state index in [1.165, 1.54) is 17.0 Å². The molecule has 1 aliphatic rings. The summed E-state index contributed by atoms with van der Waals surface area (Å²) in [5.74, 6) is 3.08. The van der Waals surface area contributed by atoms with E-state index in [-0.39, 0.29) is 0 Å². The molecule has 1 N–H and O–H groups in total. The number of thioether (sulfide) groups is 1. The topological polar surface area (TPSA) is 12.0 Å². The maximum atomic E-state index is 5.59. The van der Waals surface area contributed by atoms with Crippen LogP contribution in [0.2, 0.25) is 0 Å². The Hall–Kier alpha value is -0.0800. The number of hydrogen-bond donors (Lipinski definition) is 1. The highest BCUT2D eigenvalue weighted by Gasteiger charge is 2.01. The predicted molar refractivity (Wildman–Crippen MR) is 62.5 cm³/mol. The number of rotatable bonds is 5. The van der Waals surface area contributed by atoms with Crippen molar-refractivity contribution >= 4 is 23.4 Å². The lowest BCUT2D eigenvalue weighted by atomic mass is 10.2. The van der Waals surface area contributed by atoms with Crippen molar-refractivity contribution in [3.05, 3.63) is 23.4 Å². The number of alkyl halides is 1. The van der Waals surface area contributed by atoms with Gasteiger partial charge in [0.1, 0.15) is 0 Å². The number of hydrogen-bond acceptors (Lipinski definition) is 2. The molecule has 0 fully saturated rings. The minimum absolute atomic E-state index is 0.781. The molecule has 1 rings (SSSR count). The Kier molecular flexibility index (Phi) is 5.40. The van der Waals surface area contributed by atoms with Gasteiger partial charge in [0.15, 0.2) is 0 Å². The van der Waals surface area contributed by atoms with Crippen LogP contribution in [0.1, 0.15) is 13.3 Å². The largest absolute Gasteiger partial charge is 0.385 e. The Bertz CT molecular complexity index is 211. The molecule has 0 saturated heterocycles. The second-order valence-corrected chi connectivity index (χ2v) is 4.61. The van der Waals surface area contributed by atoms with Gasteiger partial charge >= 0.3 is 0 Å². The Labute approximate surface area is 89.6 Å². The second-order valence-electron chi connectivity index (χ2n) is 3.12. The molecule has 0 bridgehead atoms. The zero-order valence-corrected chi connectivity index (χ0v) is 9.55. The first kappa shape index (κ1) is 11.0. The van der Waals surface area contributed by atoms with Gasteiger partial charge in [-0.2, -0.15) is 11.8 Å². The van der Waals surface area contributed by atoms with Crippen LogP contribution in [0.15, 0.2) is 23.4 Å². The number of nitrogens with one attached hydrogen (secondary N) is 1. The first-order valence-corrected chi connectivity index (χ1v) is 6.26. The van der Waals surface area contributed by atoms with E-state index < -0.39 is 0 Å². The van der Waals surface area contributed by atoms with Crippen LogP contribution in [0.5, 0.6) is 0 Å². The Morgan fingerprint density at radius 1 is 1.54 bits per heavy atom. The van der Waals surface area contributed by atoms with Crippen molar-refractivity contribution in [3.8, 4) is 0 Å². The number of halogens is 1. The van der Waals surface area contributed by atoms with Crippen LogP contribution in [0.25, 0.3) is 0 Å². The summed E-state index contributed by atoms with van der Waals surface area (Å²) in [5.41, 5.74) is 2.74. The summed E-state index contributed by atoms with van der Waals surface area (Å²) in [7, 11) is 0. The van der Waals surface area contributed by atoms with Gasteiger partial charge in [-0.05, 0) is 30.7 Å². The van der Waals surface area contributed by atoms with Crippen LogP contribution in [0.3, 0.4) is 0 Å². The monoisotopic (exact) mass is 217 g/mol. The molecule has 0 aliphatic carbocycles. The lowest BCUT2D eigenvalue weighted by molar-refractivity contribution is 0.855. The molecule has 1 heterocycles. The van der Waals surface area contributed by atoms with Gasteiger partial charge in [0, 0.05) is 23.9 Å². The summed E-state index contributed by atoms with van der Waals surface area (Å²) in [4.78, 5) is 0. The third-order valence-corrected chi connectivity index (χ3v) is 3.29.